The molecule has 0 fully saturated rings. The van der Waals surface area contributed by atoms with E-state index < -0.39 is 11.7 Å². The van der Waals surface area contributed by atoms with E-state index in [2.05, 4.69) is 10.3 Å². The second-order valence-electron chi connectivity index (χ2n) is 5.63. The molecule has 1 aliphatic heterocycles. The summed E-state index contributed by atoms with van der Waals surface area (Å²) in [4.78, 5) is 28.7. The molecule has 6 nitrogen and oxygen atoms in total. The van der Waals surface area contributed by atoms with E-state index in [9.17, 15) is 9.59 Å². The van der Waals surface area contributed by atoms with Crippen LogP contribution in [0.15, 0.2) is 36.4 Å². The van der Waals surface area contributed by atoms with Crippen molar-refractivity contribution in [2.45, 2.75) is 6.92 Å². The van der Waals surface area contributed by atoms with Crippen LogP contribution in [-0.2, 0) is 4.79 Å². The highest BCUT2D eigenvalue weighted by Crippen LogP contribution is 2.37. The van der Waals surface area contributed by atoms with Crippen molar-refractivity contribution in [3.8, 4) is 11.5 Å². The zero-order valence-corrected chi connectivity index (χ0v) is 14.2. The maximum Gasteiger partial charge on any atom is 0.298 e. The number of ether oxygens (including phenoxy) is 2. The number of carbonyl (C=O) groups excluding carboxylic acids is 2. The van der Waals surface area contributed by atoms with E-state index in [1.165, 1.54) is 11.3 Å². The number of nitrogens with zero attached hydrogens (tertiary/aromatic N) is 1. The second-order valence-corrected chi connectivity index (χ2v) is 6.66. The van der Waals surface area contributed by atoms with E-state index in [0.717, 1.165) is 10.3 Å². The van der Waals surface area contributed by atoms with Crippen molar-refractivity contribution in [3.05, 3.63) is 47.5 Å². The van der Waals surface area contributed by atoms with Crippen molar-refractivity contribution in [2.75, 3.05) is 18.5 Å². The fraction of sp³-hybridized carbons (Fsp3) is 0.167. The summed E-state index contributed by atoms with van der Waals surface area (Å²) in [6.45, 7) is 2.92. The lowest BCUT2D eigenvalue weighted by atomic mass is 10.1. The molecule has 7 heteroatoms. The van der Waals surface area contributed by atoms with E-state index in [1.54, 1.807) is 30.3 Å². The van der Waals surface area contributed by atoms with Gasteiger partial charge in [0.1, 0.15) is 13.2 Å². The lowest BCUT2D eigenvalue weighted by molar-refractivity contribution is -0.112. The molecular formula is C18H14N2O4S. The molecule has 0 atom stereocenters. The third-order valence-corrected chi connectivity index (χ3v) is 4.73. The number of ketones is 1. The van der Waals surface area contributed by atoms with Crippen molar-refractivity contribution in [2.24, 2.45) is 0 Å². The Bertz CT molecular complexity index is 936. The number of hydrogen-bond acceptors (Lipinski definition) is 6. The molecule has 0 bridgehead atoms. The van der Waals surface area contributed by atoms with Gasteiger partial charge in [0.2, 0.25) is 0 Å². The summed E-state index contributed by atoms with van der Waals surface area (Å²) in [5, 5.41) is 2.94. The van der Waals surface area contributed by atoms with Crippen LogP contribution in [0, 0.1) is 6.92 Å². The molecule has 2 heterocycles. The normalized spacial score (nSPS) is 12.8. The number of rotatable bonds is 3. The minimum Gasteiger partial charge on any atom is -0.486 e. The molecule has 4 rings (SSSR count). The Kier molecular flexibility index (Phi) is 3.85. The second kappa shape index (κ2) is 6.18. The molecular weight excluding hydrogens is 340 g/mol. The number of nitrogens with one attached hydrogen (secondary N) is 1. The Hall–Kier alpha value is -2.93. The molecule has 0 saturated carbocycles. The summed E-state index contributed by atoms with van der Waals surface area (Å²) < 4.78 is 11.9. The lowest BCUT2D eigenvalue weighted by Crippen LogP contribution is -2.22. The van der Waals surface area contributed by atoms with E-state index in [4.69, 9.17) is 9.47 Å². The number of hydrogen-bond donors (Lipinski definition) is 1. The fourth-order valence-corrected chi connectivity index (χ4v) is 3.38. The van der Waals surface area contributed by atoms with Crippen LogP contribution in [0.4, 0.5) is 5.13 Å². The first-order valence-electron chi connectivity index (χ1n) is 7.73. The Balaban J connectivity index is 1.56. The van der Waals surface area contributed by atoms with Gasteiger partial charge in [-0.25, -0.2) is 4.98 Å². The average molecular weight is 354 g/mol. The van der Waals surface area contributed by atoms with Crippen LogP contribution in [0.2, 0.25) is 0 Å². The molecule has 126 valence electrons. The Labute approximate surface area is 147 Å². The molecule has 1 N–H and O–H groups in total. The summed E-state index contributed by atoms with van der Waals surface area (Å²) in [6.07, 6.45) is 0. The van der Waals surface area contributed by atoms with Gasteiger partial charge in [0.05, 0.1) is 10.2 Å². The van der Waals surface area contributed by atoms with Gasteiger partial charge in [-0.1, -0.05) is 41.2 Å². The number of anilines is 1. The third kappa shape index (κ3) is 3.06. The van der Waals surface area contributed by atoms with Crippen LogP contribution < -0.4 is 14.8 Å². The van der Waals surface area contributed by atoms with Crippen molar-refractivity contribution >= 4 is 38.4 Å². The number of thiazole rings is 1. The zero-order chi connectivity index (χ0) is 17.4. The number of amides is 1. The largest absolute Gasteiger partial charge is 0.486 e. The van der Waals surface area contributed by atoms with Crippen molar-refractivity contribution in [1.82, 2.24) is 4.98 Å². The number of aromatic nitrogens is 1. The highest BCUT2D eigenvalue weighted by atomic mass is 32.1. The molecule has 2 aromatic carbocycles. The Morgan fingerprint density at radius 2 is 1.76 bits per heavy atom. The van der Waals surface area contributed by atoms with Crippen LogP contribution in [0.1, 0.15) is 15.9 Å². The Morgan fingerprint density at radius 1 is 1.08 bits per heavy atom. The van der Waals surface area contributed by atoms with E-state index in [0.29, 0.717) is 40.9 Å². The number of fused-ring (bicyclic) bond motifs is 2. The molecule has 0 aliphatic carbocycles. The van der Waals surface area contributed by atoms with Gasteiger partial charge in [-0.15, -0.1) is 0 Å². The van der Waals surface area contributed by atoms with Gasteiger partial charge in [0, 0.05) is 17.7 Å². The highest BCUT2D eigenvalue weighted by molar-refractivity contribution is 7.22. The summed E-state index contributed by atoms with van der Waals surface area (Å²) in [6, 6.07) is 10.5. The number of carbonyl (C=O) groups is 2. The van der Waals surface area contributed by atoms with Gasteiger partial charge >= 0.3 is 0 Å². The topological polar surface area (TPSA) is 77.5 Å². The first-order chi connectivity index (χ1) is 12.1. The molecule has 1 aromatic heterocycles. The number of Topliss-reactive ketones (excluding diaryl/α,β-unsaturated/α-hetero) is 1. The highest BCUT2D eigenvalue weighted by Gasteiger charge is 2.19. The van der Waals surface area contributed by atoms with Crippen molar-refractivity contribution < 1.29 is 19.1 Å². The Morgan fingerprint density at radius 3 is 2.48 bits per heavy atom. The molecule has 1 aliphatic rings. The predicted molar refractivity (Wildman–Crippen MR) is 94.7 cm³/mol. The van der Waals surface area contributed by atoms with E-state index >= 15 is 0 Å². The van der Waals surface area contributed by atoms with Crippen molar-refractivity contribution in [3.63, 3.8) is 0 Å². The summed E-state index contributed by atoms with van der Waals surface area (Å²) in [5.74, 6) is -0.000874. The van der Waals surface area contributed by atoms with Crippen LogP contribution in [0.5, 0.6) is 11.5 Å². The van der Waals surface area contributed by atoms with Crippen LogP contribution in [-0.4, -0.2) is 29.9 Å². The standard InChI is InChI=1S/C18H14N2O4S/c1-10-2-4-11(5-3-10)16(21)17(22)20-18-19-12-8-13-14(9-15(12)25-18)24-7-6-23-13/h2-5,8-9H,6-7H2,1H3,(H,19,20,22). The van der Waals surface area contributed by atoms with Gasteiger partial charge < -0.3 is 9.47 Å². The van der Waals surface area contributed by atoms with Crippen molar-refractivity contribution in [1.29, 1.82) is 0 Å². The number of aryl methyl sites for hydroxylation is 1. The first kappa shape index (κ1) is 15.6. The number of benzene rings is 2. The average Bonchev–Trinajstić information content (AvgIpc) is 3.00. The monoisotopic (exact) mass is 354 g/mol. The molecule has 0 radical (unpaired) electrons. The molecule has 25 heavy (non-hydrogen) atoms. The molecule has 0 unspecified atom stereocenters. The van der Waals surface area contributed by atoms with Gasteiger partial charge in [0.15, 0.2) is 16.6 Å². The molecule has 0 saturated heterocycles. The summed E-state index contributed by atoms with van der Waals surface area (Å²) in [7, 11) is 0. The quantitative estimate of drug-likeness (QED) is 0.577. The van der Waals surface area contributed by atoms with Gasteiger partial charge in [-0.2, -0.15) is 0 Å². The third-order valence-electron chi connectivity index (χ3n) is 3.79. The van der Waals surface area contributed by atoms with Gasteiger partial charge in [-0.3, -0.25) is 14.9 Å². The molecule has 3 aromatic rings. The first-order valence-corrected chi connectivity index (χ1v) is 8.54. The summed E-state index contributed by atoms with van der Waals surface area (Å²) >= 11 is 1.28. The maximum atomic E-state index is 12.2. The van der Waals surface area contributed by atoms with Crippen LogP contribution in [0.25, 0.3) is 10.2 Å². The lowest BCUT2D eigenvalue weighted by Gasteiger charge is -2.17. The maximum absolute atomic E-state index is 12.2. The van der Waals surface area contributed by atoms with Crippen LogP contribution in [0.3, 0.4) is 0 Å². The smallest absolute Gasteiger partial charge is 0.298 e. The zero-order valence-electron chi connectivity index (χ0n) is 13.4. The fourth-order valence-electron chi connectivity index (χ4n) is 2.51. The van der Waals surface area contributed by atoms with Gasteiger partial charge in [-0.05, 0) is 6.92 Å². The molecule has 0 spiro atoms. The minimum atomic E-state index is -0.708. The minimum absolute atomic E-state index is 0.349. The summed E-state index contributed by atoms with van der Waals surface area (Å²) in [5.41, 5.74) is 2.06. The van der Waals surface area contributed by atoms with E-state index in [-0.39, 0.29) is 0 Å². The predicted octanol–water partition coefficient (Wildman–Crippen LogP) is 3.20. The SMILES string of the molecule is Cc1ccc(C(=O)C(=O)Nc2nc3cc4c(cc3s2)OCCO4)cc1. The van der Waals surface area contributed by atoms with Crippen LogP contribution >= 0.6 is 11.3 Å². The van der Waals surface area contributed by atoms with E-state index in [1.807, 2.05) is 13.0 Å². The van der Waals surface area contributed by atoms with Gasteiger partial charge in [0.25, 0.3) is 11.7 Å². The molecule has 1 amide bonds.